The predicted molar refractivity (Wildman–Crippen MR) is 83.1 cm³/mol. The highest BCUT2D eigenvalue weighted by Gasteiger charge is 2.64. The smallest absolute Gasteiger partial charge is 0.327 e. The molecule has 1 saturated carbocycles. The lowest BCUT2D eigenvalue weighted by Gasteiger charge is -2.22. The molecule has 1 atom stereocenters. The Bertz CT molecular complexity index is 752. The fourth-order valence-corrected chi connectivity index (χ4v) is 3.50. The van der Waals surface area contributed by atoms with Gasteiger partial charge >= 0.3 is 5.97 Å². The number of carbonyl (C=O) groups is 1. The van der Waals surface area contributed by atoms with Gasteiger partial charge in [0.05, 0.1) is 0 Å². The Hall–Kier alpha value is -2.49. The Balaban J connectivity index is 2.15. The molecule has 0 amide bonds. The van der Waals surface area contributed by atoms with Gasteiger partial charge in [0.2, 0.25) is 0 Å². The quantitative estimate of drug-likeness (QED) is 0.854. The fourth-order valence-electron chi connectivity index (χ4n) is 3.50. The van der Waals surface area contributed by atoms with Crippen molar-refractivity contribution in [2.75, 3.05) is 0 Å². The average molecular weight is 314 g/mol. The third kappa shape index (κ3) is 2.54. The van der Waals surface area contributed by atoms with E-state index in [1.807, 2.05) is 6.92 Å². The highest BCUT2D eigenvalue weighted by atomic mass is 19.1. The molecule has 0 saturated heterocycles. The largest absolute Gasteiger partial charge is 0.478 e. The van der Waals surface area contributed by atoms with Gasteiger partial charge in [-0.2, -0.15) is 0 Å². The maximum atomic E-state index is 13.7. The molecule has 1 N–H and O–H groups in total. The molecule has 0 spiro atoms. The standard InChI is InChI=1S/C19H16F2O2/c1-18(9-8-17(22)23)12-19(18,13-4-2-6-15(20)10-13)14-5-3-7-16(21)11-14/h2-11H,12H2,1H3,(H,22,23)/b9-8+. The summed E-state index contributed by atoms with van der Waals surface area (Å²) in [6, 6.07) is 12.4. The fraction of sp³-hybridized carbons (Fsp3) is 0.211. The van der Waals surface area contributed by atoms with Crippen molar-refractivity contribution in [1.82, 2.24) is 0 Å². The molecule has 3 rings (SSSR count). The first-order valence-corrected chi connectivity index (χ1v) is 7.32. The Kier molecular flexibility index (Phi) is 3.55. The number of hydrogen-bond donors (Lipinski definition) is 1. The van der Waals surface area contributed by atoms with Crippen LogP contribution in [-0.4, -0.2) is 11.1 Å². The number of carboxylic acids is 1. The molecule has 118 valence electrons. The number of allylic oxidation sites excluding steroid dienone is 1. The molecule has 0 heterocycles. The zero-order valence-corrected chi connectivity index (χ0v) is 12.6. The van der Waals surface area contributed by atoms with Gasteiger partial charge < -0.3 is 5.11 Å². The van der Waals surface area contributed by atoms with E-state index in [0.29, 0.717) is 6.42 Å². The minimum atomic E-state index is -1.04. The number of rotatable bonds is 4. The second-order valence-electron chi connectivity index (χ2n) is 6.19. The van der Waals surface area contributed by atoms with Gasteiger partial charge in [0.1, 0.15) is 11.6 Å². The first-order chi connectivity index (χ1) is 10.9. The monoisotopic (exact) mass is 314 g/mol. The lowest BCUT2D eigenvalue weighted by Crippen LogP contribution is -2.17. The highest BCUT2D eigenvalue weighted by molar-refractivity contribution is 5.80. The van der Waals surface area contributed by atoms with Crippen molar-refractivity contribution in [3.63, 3.8) is 0 Å². The molecule has 2 aromatic carbocycles. The van der Waals surface area contributed by atoms with Crippen LogP contribution < -0.4 is 0 Å². The van der Waals surface area contributed by atoms with Gasteiger partial charge in [-0.1, -0.05) is 37.3 Å². The molecule has 0 bridgehead atoms. The number of aliphatic carboxylic acids is 1. The summed E-state index contributed by atoms with van der Waals surface area (Å²) >= 11 is 0. The van der Waals surface area contributed by atoms with Crippen molar-refractivity contribution in [2.45, 2.75) is 18.8 Å². The average Bonchev–Trinajstić information content (AvgIpc) is 3.13. The lowest BCUT2D eigenvalue weighted by molar-refractivity contribution is -0.131. The third-order valence-electron chi connectivity index (χ3n) is 4.71. The van der Waals surface area contributed by atoms with Crippen LogP contribution in [0.5, 0.6) is 0 Å². The Morgan fingerprint density at radius 2 is 1.61 bits per heavy atom. The Labute approximate surface area is 133 Å². The molecule has 4 heteroatoms. The highest BCUT2D eigenvalue weighted by Crippen LogP contribution is 2.68. The summed E-state index contributed by atoms with van der Waals surface area (Å²) in [6.45, 7) is 1.91. The van der Waals surface area contributed by atoms with E-state index < -0.39 is 16.8 Å². The number of hydrogen-bond acceptors (Lipinski definition) is 1. The Morgan fingerprint density at radius 3 is 2.04 bits per heavy atom. The van der Waals surface area contributed by atoms with Crippen molar-refractivity contribution in [3.05, 3.63) is 83.4 Å². The van der Waals surface area contributed by atoms with Crippen molar-refractivity contribution in [1.29, 1.82) is 0 Å². The normalized spacial score (nSPS) is 22.2. The van der Waals surface area contributed by atoms with Crippen LogP contribution in [0.25, 0.3) is 0 Å². The molecular weight excluding hydrogens is 298 g/mol. The maximum Gasteiger partial charge on any atom is 0.327 e. The van der Waals surface area contributed by atoms with E-state index in [2.05, 4.69) is 0 Å². The van der Waals surface area contributed by atoms with Crippen LogP contribution in [0.2, 0.25) is 0 Å². The molecule has 0 aromatic heterocycles. The van der Waals surface area contributed by atoms with E-state index >= 15 is 0 Å². The van der Waals surface area contributed by atoms with E-state index in [9.17, 15) is 13.6 Å². The Morgan fingerprint density at radius 1 is 1.09 bits per heavy atom. The molecule has 1 aliphatic carbocycles. The predicted octanol–water partition coefficient (Wildman–Crippen LogP) is 4.30. The molecule has 1 fully saturated rings. The first-order valence-electron chi connectivity index (χ1n) is 7.32. The maximum absolute atomic E-state index is 13.7. The van der Waals surface area contributed by atoms with Crippen LogP contribution >= 0.6 is 0 Å². The van der Waals surface area contributed by atoms with Crippen LogP contribution in [0.1, 0.15) is 24.5 Å². The van der Waals surface area contributed by atoms with Crippen LogP contribution in [0.4, 0.5) is 8.78 Å². The molecular formula is C19H16F2O2. The van der Waals surface area contributed by atoms with Gasteiger partial charge in [0, 0.05) is 16.9 Å². The molecule has 1 unspecified atom stereocenters. The number of carboxylic acid groups (broad SMARTS) is 1. The lowest BCUT2D eigenvalue weighted by atomic mass is 9.80. The topological polar surface area (TPSA) is 37.3 Å². The van der Waals surface area contributed by atoms with Crippen LogP contribution in [0.3, 0.4) is 0 Å². The molecule has 2 nitrogen and oxygen atoms in total. The van der Waals surface area contributed by atoms with E-state index in [-0.39, 0.29) is 11.6 Å². The summed E-state index contributed by atoms with van der Waals surface area (Å²) in [5.41, 5.74) is 0.317. The minimum absolute atomic E-state index is 0.366. The second-order valence-corrected chi connectivity index (χ2v) is 6.19. The summed E-state index contributed by atoms with van der Waals surface area (Å²) in [7, 11) is 0. The number of benzene rings is 2. The molecule has 2 aromatic rings. The summed E-state index contributed by atoms with van der Waals surface area (Å²) in [5.74, 6) is -1.77. The SMILES string of the molecule is CC1(/C=C/C(=O)O)CC1(c1cccc(F)c1)c1cccc(F)c1. The first kappa shape index (κ1) is 15.4. The van der Waals surface area contributed by atoms with E-state index in [0.717, 1.165) is 17.2 Å². The van der Waals surface area contributed by atoms with E-state index in [4.69, 9.17) is 5.11 Å². The molecule has 1 aliphatic rings. The summed E-state index contributed by atoms with van der Waals surface area (Å²) in [4.78, 5) is 10.9. The molecule has 23 heavy (non-hydrogen) atoms. The summed E-state index contributed by atoms with van der Waals surface area (Å²) in [5, 5.41) is 8.90. The zero-order chi connectivity index (χ0) is 16.7. The number of halogens is 2. The van der Waals surface area contributed by atoms with Crippen LogP contribution in [0.15, 0.2) is 60.7 Å². The van der Waals surface area contributed by atoms with Gasteiger partial charge in [0.15, 0.2) is 0 Å². The van der Waals surface area contributed by atoms with Gasteiger partial charge in [0.25, 0.3) is 0 Å². The van der Waals surface area contributed by atoms with Gasteiger partial charge in [-0.05, 0) is 41.8 Å². The van der Waals surface area contributed by atoms with E-state index in [1.54, 1.807) is 30.3 Å². The minimum Gasteiger partial charge on any atom is -0.478 e. The zero-order valence-electron chi connectivity index (χ0n) is 12.6. The molecule has 0 aliphatic heterocycles. The second kappa shape index (κ2) is 5.30. The van der Waals surface area contributed by atoms with Gasteiger partial charge in [-0.3, -0.25) is 0 Å². The third-order valence-corrected chi connectivity index (χ3v) is 4.71. The summed E-state index contributed by atoms with van der Waals surface area (Å²) < 4.78 is 27.4. The van der Waals surface area contributed by atoms with Crippen molar-refractivity contribution in [3.8, 4) is 0 Å². The van der Waals surface area contributed by atoms with Crippen molar-refractivity contribution < 1.29 is 18.7 Å². The van der Waals surface area contributed by atoms with Crippen molar-refractivity contribution in [2.24, 2.45) is 5.41 Å². The molecule has 0 radical (unpaired) electrons. The van der Waals surface area contributed by atoms with Gasteiger partial charge in [-0.25, -0.2) is 13.6 Å². The van der Waals surface area contributed by atoms with Crippen molar-refractivity contribution >= 4 is 5.97 Å². The van der Waals surface area contributed by atoms with Crippen LogP contribution in [0, 0.1) is 17.0 Å². The van der Waals surface area contributed by atoms with Crippen LogP contribution in [-0.2, 0) is 10.2 Å². The van der Waals surface area contributed by atoms with E-state index in [1.165, 1.54) is 24.3 Å². The summed E-state index contributed by atoms with van der Waals surface area (Å²) in [6.07, 6.45) is 3.31. The van der Waals surface area contributed by atoms with Gasteiger partial charge in [-0.15, -0.1) is 0 Å².